The summed E-state index contributed by atoms with van der Waals surface area (Å²) in [6.45, 7) is 3.51. The van der Waals surface area contributed by atoms with Crippen molar-refractivity contribution in [2.45, 2.75) is 19.3 Å². The Balaban J connectivity index is 2.21. The van der Waals surface area contributed by atoms with E-state index < -0.39 is 0 Å². The van der Waals surface area contributed by atoms with Crippen LogP contribution in [-0.2, 0) is 4.79 Å². The second-order valence-electron chi connectivity index (χ2n) is 4.57. The van der Waals surface area contributed by atoms with Crippen molar-refractivity contribution in [1.29, 1.82) is 0 Å². The van der Waals surface area contributed by atoms with Gasteiger partial charge in [0.15, 0.2) is 0 Å². The highest BCUT2D eigenvalue weighted by Gasteiger charge is 2.06. The van der Waals surface area contributed by atoms with Crippen molar-refractivity contribution in [1.82, 2.24) is 10.2 Å². The first-order chi connectivity index (χ1) is 8.11. The van der Waals surface area contributed by atoms with Crippen LogP contribution in [0.5, 0.6) is 0 Å². The van der Waals surface area contributed by atoms with Crippen molar-refractivity contribution < 1.29 is 4.79 Å². The molecule has 94 valence electrons. The molecule has 1 amide bonds. The molecule has 0 saturated carbocycles. The summed E-state index contributed by atoms with van der Waals surface area (Å²) < 4.78 is 0. The lowest BCUT2D eigenvalue weighted by molar-refractivity contribution is -0.127. The van der Waals surface area contributed by atoms with Gasteiger partial charge in [-0.05, 0) is 24.4 Å². The number of carbonyl (C=O) groups excluding carboxylic acids is 1. The third kappa shape index (κ3) is 5.00. The van der Waals surface area contributed by atoms with Crippen LogP contribution in [0.15, 0.2) is 30.3 Å². The van der Waals surface area contributed by atoms with Crippen molar-refractivity contribution in [3.8, 4) is 0 Å². The van der Waals surface area contributed by atoms with Crippen molar-refractivity contribution >= 4 is 5.91 Å². The third-order valence-electron chi connectivity index (χ3n) is 2.90. The number of nitrogens with zero attached hydrogens (tertiary/aromatic N) is 1. The monoisotopic (exact) mass is 234 g/mol. The molecule has 0 bridgehead atoms. The van der Waals surface area contributed by atoms with Gasteiger partial charge in [0.25, 0.3) is 0 Å². The highest BCUT2D eigenvalue weighted by Crippen LogP contribution is 2.17. The Hall–Kier alpha value is -1.35. The van der Waals surface area contributed by atoms with Crippen molar-refractivity contribution in [3.63, 3.8) is 0 Å². The Kier molecular flexibility index (Phi) is 5.70. The molecular weight excluding hydrogens is 212 g/mol. The summed E-state index contributed by atoms with van der Waals surface area (Å²) >= 11 is 0. The van der Waals surface area contributed by atoms with Gasteiger partial charge in [0.1, 0.15) is 0 Å². The lowest BCUT2D eigenvalue weighted by Crippen LogP contribution is -2.33. The molecule has 1 aromatic rings. The summed E-state index contributed by atoms with van der Waals surface area (Å²) in [7, 11) is 3.55. The van der Waals surface area contributed by atoms with Gasteiger partial charge in [-0.2, -0.15) is 0 Å². The second kappa shape index (κ2) is 7.07. The van der Waals surface area contributed by atoms with E-state index in [1.54, 1.807) is 19.0 Å². The van der Waals surface area contributed by atoms with Crippen LogP contribution in [0.3, 0.4) is 0 Å². The molecule has 0 aliphatic heterocycles. The molecule has 0 saturated heterocycles. The summed E-state index contributed by atoms with van der Waals surface area (Å²) in [5.74, 6) is 0.649. The predicted molar refractivity (Wildman–Crippen MR) is 71.0 cm³/mol. The van der Waals surface area contributed by atoms with Crippen LogP contribution >= 0.6 is 0 Å². The van der Waals surface area contributed by atoms with Crippen molar-refractivity contribution in [2.24, 2.45) is 0 Å². The fourth-order valence-electron chi connectivity index (χ4n) is 1.62. The molecule has 1 atom stereocenters. The maximum absolute atomic E-state index is 11.3. The standard InChI is InChI=1S/C14H22N2O/c1-12(13-7-5-4-6-8-13)9-10-15-11-14(17)16(2)3/h4-8,12,15H,9-11H2,1-3H3. The van der Waals surface area contributed by atoms with Gasteiger partial charge >= 0.3 is 0 Å². The number of nitrogens with one attached hydrogen (secondary N) is 1. The van der Waals surface area contributed by atoms with Crippen molar-refractivity contribution in [3.05, 3.63) is 35.9 Å². The van der Waals surface area contributed by atoms with Crippen LogP contribution in [0.2, 0.25) is 0 Å². The van der Waals surface area contributed by atoms with Gasteiger partial charge in [-0.15, -0.1) is 0 Å². The van der Waals surface area contributed by atoms with Crippen molar-refractivity contribution in [2.75, 3.05) is 27.2 Å². The summed E-state index contributed by atoms with van der Waals surface area (Å²) in [5.41, 5.74) is 1.35. The van der Waals surface area contributed by atoms with Gasteiger partial charge in [-0.1, -0.05) is 37.3 Å². The fraction of sp³-hybridized carbons (Fsp3) is 0.500. The smallest absolute Gasteiger partial charge is 0.236 e. The Bertz CT molecular complexity index is 335. The summed E-state index contributed by atoms with van der Waals surface area (Å²) in [6.07, 6.45) is 1.05. The molecule has 1 N–H and O–H groups in total. The summed E-state index contributed by atoms with van der Waals surface area (Å²) in [6, 6.07) is 10.5. The minimum atomic E-state index is 0.123. The molecule has 0 aliphatic carbocycles. The molecule has 0 fully saturated rings. The van der Waals surface area contributed by atoms with E-state index >= 15 is 0 Å². The van der Waals surface area contributed by atoms with Crippen LogP contribution in [0.4, 0.5) is 0 Å². The quantitative estimate of drug-likeness (QED) is 0.762. The number of carbonyl (C=O) groups is 1. The Morgan fingerprint density at radius 3 is 2.53 bits per heavy atom. The van der Waals surface area contributed by atoms with Crippen LogP contribution in [-0.4, -0.2) is 38.0 Å². The molecule has 0 aromatic heterocycles. The normalized spacial score (nSPS) is 12.2. The second-order valence-corrected chi connectivity index (χ2v) is 4.57. The molecular formula is C14H22N2O. The largest absolute Gasteiger partial charge is 0.348 e. The first kappa shape index (κ1) is 13.7. The fourth-order valence-corrected chi connectivity index (χ4v) is 1.62. The Morgan fingerprint density at radius 2 is 1.94 bits per heavy atom. The Morgan fingerprint density at radius 1 is 1.29 bits per heavy atom. The molecule has 0 radical (unpaired) electrons. The van der Waals surface area contributed by atoms with Crippen LogP contribution in [0.1, 0.15) is 24.8 Å². The predicted octanol–water partition coefficient (Wildman–Crippen LogP) is 1.86. The number of hydrogen-bond donors (Lipinski definition) is 1. The molecule has 0 spiro atoms. The highest BCUT2D eigenvalue weighted by atomic mass is 16.2. The molecule has 3 nitrogen and oxygen atoms in total. The molecule has 1 unspecified atom stereocenters. The molecule has 0 aliphatic rings. The molecule has 3 heteroatoms. The average Bonchev–Trinajstić information content (AvgIpc) is 2.35. The van der Waals surface area contributed by atoms with Gasteiger partial charge in [0.05, 0.1) is 6.54 Å². The third-order valence-corrected chi connectivity index (χ3v) is 2.90. The topological polar surface area (TPSA) is 32.3 Å². The van der Waals surface area contributed by atoms with E-state index in [1.807, 2.05) is 6.07 Å². The van der Waals surface area contributed by atoms with E-state index in [0.29, 0.717) is 12.5 Å². The van der Waals surface area contributed by atoms with Crippen LogP contribution < -0.4 is 5.32 Å². The molecule has 1 aromatic carbocycles. The zero-order chi connectivity index (χ0) is 12.7. The van der Waals surface area contributed by atoms with Gasteiger partial charge in [0, 0.05) is 14.1 Å². The minimum Gasteiger partial charge on any atom is -0.348 e. The lowest BCUT2D eigenvalue weighted by Gasteiger charge is -2.14. The maximum atomic E-state index is 11.3. The lowest BCUT2D eigenvalue weighted by atomic mass is 9.98. The molecule has 17 heavy (non-hydrogen) atoms. The highest BCUT2D eigenvalue weighted by molar-refractivity contribution is 5.77. The van der Waals surface area contributed by atoms with E-state index in [0.717, 1.165) is 13.0 Å². The zero-order valence-corrected chi connectivity index (χ0v) is 10.9. The van der Waals surface area contributed by atoms with Gasteiger partial charge < -0.3 is 10.2 Å². The Labute approximate surface area is 104 Å². The van der Waals surface area contributed by atoms with Crippen LogP contribution in [0.25, 0.3) is 0 Å². The van der Waals surface area contributed by atoms with E-state index in [-0.39, 0.29) is 5.91 Å². The number of hydrogen-bond acceptors (Lipinski definition) is 2. The number of rotatable bonds is 6. The van der Waals surface area contributed by atoms with Gasteiger partial charge in [-0.3, -0.25) is 4.79 Å². The van der Waals surface area contributed by atoms with E-state index in [4.69, 9.17) is 0 Å². The van der Waals surface area contributed by atoms with Gasteiger partial charge in [-0.25, -0.2) is 0 Å². The summed E-state index contributed by atoms with van der Waals surface area (Å²) in [4.78, 5) is 12.9. The first-order valence-corrected chi connectivity index (χ1v) is 6.07. The maximum Gasteiger partial charge on any atom is 0.236 e. The number of likely N-dealkylation sites (N-methyl/N-ethyl adjacent to an activating group) is 1. The van der Waals surface area contributed by atoms with E-state index in [2.05, 4.69) is 36.5 Å². The molecule has 1 rings (SSSR count). The average molecular weight is 234 g/mol. The number of amides is 1. The van der Waals surface area contributed by atoms with E-state index in [1.165, 1.54) is 5.56 Å². The number of benzene rings is 1. The zero-order valence-electron chi connectivity index (χ0n) is 10.9. The molecule has 0 heterocycles. The SMILES string of the molecule is CC(CCNCC(=O)N(C)C)c1ccccc1. The minimum absolute atomic E-state index is 0.123. The van der Waals surface area contributed by atoms with Crippen LogP contribution in [0, 0.1) is 0 Å². The van der Waals surface area contributed by atoms with Gasteiger partial charge in [0.2, 0.25) is 5.91 Å². The first-order valence-electron chi connectivity index (χ1n) is 6.07. The summed E-state index contributed by atoms with van der Waals surface area (Å²) in [5, 5.41) is 3.18. The van der Waals surface area contributed by atoms with E-state index in [9.17, 15) is 4.79 Å².